The van der Waals surface area contributed by atoms with Gasteiger partial charge in [0.2, 0.25) is 15.9 Å². The van der Waals surface area contributed by atoms with Gasteiger partial charge in [-0.15, -0.1) is 0 Å². The summed E-state index contributed by atoms with van der Waals surface area (Å²) in [5.74, 6) is -0.112. The summed E-state index contributed by atoms with van der Waals surface area (Å²) in [5.41, 5.74) is 1.71. The lowest BCUT2D eigenvalue weighted by molar-refractivity contribution is -0.115. The third-order valence-corrected chi connectivity index (χ3v) is 6.34. The van der Waals surface area contributed by atoms with Gasteiger partial charge in [-0.1, -0.05) is 35.3 Å². The van der Waals surface area contributed by atoms with E-state index < -0.39 is 10.0 Å². The standard InChI is InChI=1S/C17H16Cl2N2O3S/c18-13-4-2-12(3-5-13)10-17(22)20-16-11-14(6-7-15(16)19)21-8-1-9-25(21,23)24/h2-7,11H,1,8-10H2,(H,20,22). The van der Waals surface area contributed by atoms with E-state index in [2.05, 4.69) is 5.32 Å². The molecule has 1 heterocycles. The summed E-state index contributed by atoms with van der Waals surface area (Å²) < 4.78 is 25.4. The number of carbonyl (C=O) groups excluding carboxylic acids is 1. The summed E-state index contributed by atoms with van der Waals surface area (Å²) >= 11 is 12.0. The Balaban J connectivity index is 1.76. The Morgan fingerprint density at radius 1 is 1.12 bits per heavy atom. The van der Waals surface area contributed by atoms with Gasteiger partial charge in [0.25, 0.3) is 0 Å². The summed E-state index contributed by atoms with van der Waals surface area (Å²) in [4.78, 5) is 12.2. The van der Waals surface area contributed by atoms with Gasteiger partial charge in [0.05, 0.1) is 28.6 Å². The molecule has 8 heteroatoms. The molecule has 0 unspecified atom stereocenters. The van der Waals surface area contributed by atoms with Crippen LogP contribution in [0.15, 0.2) is 42.5 Å². The molecule has 0 aliphatic carbocycles. The SMILES string of the molecule is O=C(Cc1ccc(Cl)cc1)Nc1cc(N2CCCS2(=O)=O)ccc1Cl. The predicted molar refractivity (Wildman–Crippen MR) is 101 cm³/mol. The molecule has 0 radical (unpaired) electrons. The molecule has 2 aromatic carbocycles. The zero-order chi connectivity index (χ0) is 18.0. The van der Waals surface area contributed by atoms with Gasteiger partial charge in [-0.05, 0) is 42.3 Å². The fourth-order valence-electron chi connectivity index (χ4n) is 2.68. The molecular formula is C17H16Cl2N2O3S. The van der Waals surface area contributed by atoms with E-state index in [-0.39, 0.29) is 18.1 Å². The van der Waals surface area contributed by atoms with Crippen molar-refractivity contribution < 1.29 is 13.2 Å². The largest absolute Gasteiger partial charge is 0.324 e. The molecule has 1 amide bonds. The van der Waals surface area contributed by atoms with Crippen LogP contribution in [-0.4, -0.2) is 26.6 Å². The Hall–Kier alpha value is -1.76. The molecule has 1 N–H and O–H groups in total. The van der Waals surface area contributed by atoms with Gasteiger partial charge < -0.3 is 5.32 Å². The van der Waals surface area contributed by atoms with E-state index in [0.717, 1.165) is 5.56 Å². The van der Waals surface area contributed by atoms with E-state index in [9.17, 15) is 13.2 Å². The second kappa shape index (κ2) is 7.23. The summed E-state index contributed by atoms with van der Waals surface area (Å²) in [6.45, 7) is 0.433. The van der Waals surface area contributed by atoms with E-state index in [1.54, 1.807) is 42.5 Å². The maximum Gasteiger partial charge on any atom is 0.235 e. The Morgan fingerprint density at radius 2 is 1.84 bits per heavy atom. The van der Waals surface area contributed by atoms with Gasteiger partial charge in [-0.25, -0.2) is 8.42 Å². The fraction of sp³-hybridized carbons (Fsp3) is 0.235. The van der Waals surface area contributed by atoms with Crippen LogP contribution in [0.25, 0.3) is 0 Å². The summed E-state index contributed by atoms with van der Waals surface area (Å²) in [5, 5.41) is 3.69. The van der Waals surface area contributed by atoms with Crippen molar-refractivity contribution in [2.75, 3.05) is 21.9 Å². The molecule has 25 heavy (non-hydrogen) atoms. The Bertz CT molecular complexity index is 899. The molecule has 0 spiro atoms. The number of rotatable bonds is 4. The highest BCUT2D eigenvalue weighted by atomic mass is 35.5. The third kappa shape index (κ3) is 4.26. The zero-order valence-corrected chi connectivity index (χ0v) is 15.5. The average Bonchev–Trinajstić information content (AvgIpc) is 2.91. The van der Waals surface area contributed by atoms with E-state index in [0.29, 0.717) is 34.4 Å². The summed E-state index contributed by atoms with van der Waals surface area (Å²) in [6, 6.07) is 11.8. The highest BCUT2D eigenvalue weighted by Crippen LogP contribution is 2.31. The van der Waals surface area contributed by atoms with Crippen molar-refractivity contribution in [2.24, 2.45) is 0 Å². The Kier molecular flexibility index (Phi) is 5.22. The van der Waals surface area contributed by atoms with Crippen LogP contribution in [0.4, 0.5) is 11.4 Å². The van der Waals surface area contributed by atoms with E-state index in [4.69, 9.17) is 23.2 Å². The van der Waals surface area contributed by atoms with Crippen LogP contribution in [0.2, 0.25) is 10.0 Å². The quantitative estimate of drug-likeness (QED) is 0.853. The van der Waals surface area contributed by atoms with Crippen molar-refractivity contribution in [3.8, 4) is 0 Å². The van der Waals surface area contributed by atoms with Crippen molar-refractivity contribution in [3.05, 3.63) is 58.1 Å². The molecule has 132 valence electrons. The summed E-state index contributed by atoms with van der Waals surface area (Å²) in [6.07, 6.45) is 0.753. The number of halogens is 2. The van der Waals surface area contributed by atoms with Crippen LogP contribution in [0.5, 0.6) is 0 Å². The Morgan fingerprint density at radius 3 is 2.48 bits per heavy atom. The first-order chi connectivity index (χ1) is 11.8. The number of anilines is 2. The number of sulfonamides is 1. The van der Waals surface area contributed by atoms with E-state index >= 15 is 0 Å². The topological polar surface area (TPSA) is 66.5 Å². The molecule has 0 atom stereocenters. The second-order valence-corrected chi connectivity index (χ2v) is 8.61. The van der Waals surface area contributed by atoms with Crippen molar-refractivity contribution in [1.29, 1.82) is 0 Å². The molecule has 0 bridgehead atoms. The monoisotopic (exact) mass is 398 g/mol. The zero-order valence-electron chi connectivity index (χ0n) is 13.2. The van der Waals surface area contributed by atoms with Crippen molar-refractivity contribution >= 4 is 50.5 Å². The van der Waals surface area contributed by atoms with Crippen molar-refractivity contribution in [1.82, 2.24) is 0 Å². The molecule has 1 saturated heterocycles. The molecule has 5 nitrogen and oxygen atoms in total. The second-order valence-electron chi connectivity index (χ2n) is 5.76. The van der Waals surface area contributed by atoms with Gasteiger partial charge in [0.15, 0.2) is 0 Å². The number of nitrogens with zero attached hydrogens (tertiary/aromatic N) is 1. The maximum absolute atomic E-state index is 12.2. The first-order valence-corrected chi connectivity index (χ1v) is 10.1. The smallest absolute Gasteiger partial charge is 0.235 e. The predicted octanol–water partition coefficient (Wildman–Crippen LogP) is 3.71. The number of hydrogen-bond donors (Lipinski definition) is 1. The van der Waals surface area contributed by atoms with Gasteiger partial charge in [0.1, 0.15) is 0 Å². The molecule has 2 aromatic rings. The number of nitrogens with one attached hydrogen (secondary N) is 1. The molecule has 1 fully saturated rings. The molecule has 1 aliphatic heterocycles. The van der Waals surface area contributed by atoms with Crippen LogP contribution in [0.1, 0.15) is 12.0 Å². The van der Waals surface area contributed by atoms with E-state index in [1.807, 2.05) is 0 Å². The molecular weight excluding hydrogens is 383 g/mol. The Labute approximate surface area is 156 Å². The van der Waals surface area contributed by atoms with Crippen LogP contribution in [-0.2, 0) is 21.2 Å². The lowest BCUT2D eigenvalue weighted by atomic mass is 10.1. The molecule has 0 aromatic heterocycles. The summed E-state index contributed by atoms with van der Waals surface area (Å²) in [7, 11) is -3.29. The number of benzene rings is 2. The first-order valence-electron chi connectivity index (χ1n) is 7.69. The normalized spacial score (nSPS) is 16.0. The van der Waals surface area contributed by atoms with Crippen LogP contribution >= 0.6 is 23.2 Å². The van der Waals surface area contributed by atoms with E-state index in [1.165, 1.54) is 4.31 Å². The van der Waals surface area contributed by atoms with Gasteiger partial charge in [0, 0.05) is 11.6 Å². The lowest BCUT2D eigenvalue weighted by Gasteiger charge is -2.18. The van der Waals surface area contributed by atoms with Crippen molar-refractivity contribution in [2.45, 2.75) is 12.8 Å². The van der Waals surface area contributed by atoms with Crippen LogP contribution in [0.3, 0.4) is 0 Å². The molecule has 0 saturated carbocycles. The average molecular weight is 399 g/mol. The maximum atomic E-state index is 12.2. The van der Waals surface area contributed by atoms with Crippen LogP contribution < -0.4 is 9.62 Å². The number of hydrogen-bond acceptors (Lipinski definition) is 3. The molecule has 3 rings (SSSR count). The fourth-order valence-corrected chi connectivity index (χ4v) is 4.52. The minimum atomic E-state index is -3.29. The van der Waals surface area contributed by atoms with Gasteiger partial charge in [-0.3, -0.25) is 9.10 Å². The highest BCUT2D eigenvalue weighted by molar-refractivity contribution is 7.93. The van der Waals surface area contributed by atoms with Gasteiger partial charge in [-0.2, -0.15) is 0 Å². The highest BCUT2D eigenvalue weighted by Gasteiger charge is 2.28. The van der Waals surface area contributed by atoms with Crippen molar-refractivity contribution in [3.63, 3.8) is 0 Å². The van der Waals surface area contributed by atoms with Gasteiger partial charge >= 0.3 is 0 Å². The molecule has 1 aliphatic rings. The third-order valence-electron chi connectivity index (χ3n) is 3.89. The van der Waals surface area contributed by atoms with Crippen LogP contribution in [0, 0.1) is 0 Å². The first kappa shape index (κ1) is 18.0. The number of amides is 1. The minimum absolute atomic E-state index is 0.133. The lowest BCUT2D eigenvalue weighted by Crippen LogP contribution is -2.25. The number of carbonyl (C=O) groups is 1. The minimum Gasteiger partial charge on any atom is -0.324 e.